The number of carbonyl (C=O) groups is 1. The minimum atomic E-state index is -0.224. The molecule has 0 atom stereocenters. The van der Waals surface area contributed by atoms with Crippen molar-refractivity contribution < 1.29 is 4.79 Å². The lowest BCUT2D eigenvalue weighted by Crippen LogP contribution is -2.20. The van der Waals surface area contributed by atoms with Crippen molar-refractivity contribution in [1.82, 2.24) is 20.2 Å². The first-order valence-electron chi connectivity index (χ1n) is 9.89. The number of carbonyl (C=O) groups excluding carboxylic acids is 1. The van der Waals surface area contributed by atoms with Crippen molar-refractivity contribution in [3.63, 3.8) is 0 Å². The van der Waals surface area contributed by atoms with Crippen molar-refractivity contribution in [3.05, 3.63) is 94.5 Å². The molecular weight excluding hydrogens is 486 g/mol. The molecule has 1 amide bonds. The third-order valence-corrected chi connectivity index (χ3v) is 6.24. The van der Waals surface area contributed by atoms with Gasteiger partial charge in [0.2, 0.25) is 0 Å². The molecule has 3 aromatic carbocycles. The quantitative estimate of drug-likeness (QED) is 0.211. The highest BCUT2D eigenvalue weighted by Crippen LogP contribution is 2.28. The van der Waals surface area contributed by atoms with Gasteiger partial charge >= 0.3 is 0 Å². The first-order valence-corrected chi connectivity index (χ1v) is 11.7. The Kier molecular flexibility index (Phi) is 7.14. The average Bonchev–Trinajstić information content (AvgIpc) is 3.24. The van der Waals surface area contributed by atoms with Gasteiger partial charge in [0.1, 0.15) is 0 Å². The molecule has 1 aromatic heterocycles. The van der Waals surface area contributed by atoms with Gasteiger partial charge in [-0.1, -0.05) is 93.9 Å². The maximum atomic E-state index is 12.3. The van der Waals surface area contributed by atoms with E-state index in [-0.39, 0.29) is 11.7 Å². The average molecular weight is 506 g/mol. The van der Waals surface area contributed by atoms with Gasteiger partial charge in [0, 0.05) is 21.3 Å². The van der Waals surface area contributed by atoms with Crippen LogP contribution in [0.4, 0.5) is 0 Å². The molecule has 0 aliphatic heterocycles. The molecule has 0 spiro atoms. The third-order valence-electron chi connectivity index (χ3n) is 4.59. The molecule has 6 nitrogen and oxygen atoms in total. The van der Waals surface area contributed by atoms with E-state index in [0.29, 0.717) is 5.16 Å². The van der Waals surface area contributed by atoms with E-state index in [4.69, 9.17) is 0 Å². The fraction of sp³-hybridized carbons (Fsp3) is 0.0833. The van der Waals surface area contributed by atoms with Gasteiger partial charge in [0.15, 0.2) is 11.0 Å². The summed E-state index contributed by atoms with van der Waals surface area (Å²) in [5.74, 6) is 0.661. The summed E-state index contributed by atoms with van der Waals surface area (Å²) in [6.45, 7) is 2.04. The van der Waals surface area contributed by atoms with Crippen LogP contribution in [0.3, 0.4) is 0 Å². The molecule has 0 unspecified atom stereocenters. The second kappa shape index (κ2) is 10.4. The predicted molar refractivity (Wildman–Crippen MR) is 132 cm³/mol. The number of nitrogens with zero attached hydrogens (tertiary/aromatic N) is 4. The molecule has 1 heterocycles. The zero-order valence-corrected chi connectivity index (χ0v) is 19.7. The summed E-state index contributed by atoms with van der Waals surface area (Å²) in [4.78, 5) is 12.3. The number of halogens is 1. The van der Waals surface area contributed by atoms with E-state index in [1.807, 2.05) is 90.4 Å². The van der Waals surface area contributed by atoms with Crippen molar-refractivity contribution in [2.75, 3.05) is 5.75 Å². The van der Waals surface area contributed by atoms with Gasteiger partial charge in [-0.3, -0.25) is 9.36 Å². The van der Waals surface area contributed by atoms with Crippen LogP contribution in [-0.4, -0.2) is 32.6 Å². The van der Waals surface area contributed by atoms with Crippen LogP contribution in [0, 0.1) is 6.92 Å². The van der Waals surface area contributed by atoms with Crippen LogP contribution < -0.4 is 5.43 Å². The van der Waals surface area contributed by atoms with Crippen LogP contribution in [0.5, 0.6) is 0 Å². The summed E-state index contributed by atoms with van der Waals surface area (Å²) in [5, 5.41) is 13.4. The fourth-order valence-corrected chi connectivity index (χ4v) is 4.11. The van der Waals surface area contributed by atoms with Crippen molar-refractivity contribution >= 4 is 39.8 Å². The second-order valence-corrected chi connectivity index (χ2v) is 8.74. The highest BCUT2D eigenvalue weighted by atomic mass is 79.9. The minimum Gasteiger partial charge on any atom is -0.272 e. The third kappa shape index (κ3) is 5.33. The van der Waals surface area contributed by atoms with Crippen LogP contribution in [0.25, 0.3) is 17.1 Å². The van der Waals surface area contributed by atoms with Crippen molar-refractivity contribution in [2.45, 2.75) is 12.1 Å². The molecule has 0 aliphatic carbocycles. The highest BCUT2D eigenvalue weighted by Gasteiger charge is 2.17. The SMILES string of the molecule is Cc1ccc(-n2c(SCC(=O)N/N=C\c3ccccc3Br)nnc2-c2ccccc2)cc1. The summed E-state index contributed by atoms with van der Waals surface area (Å²) >= 11 is 4.77. The van der Waals surface area contributed by atoms with Crippen molar-refractivity contribution in [1.29, 1.82) is 0 Å². The Morgan fingerprint density at radius 2 is 1.75 bits per heavy atom. The number of benzene rings is 3. The molecular formula is C24H20BrN5OS. The van der Waals surface area contributed by atoms with Gasteiger partial charge in [-0.2, -0.15) is 5.10 Å². The molecule has 0 bridgehead atoms. The Hall–Kier alpha value is -3.23. The monoisotopic (exact) mass is 505 g/mol. The molecule has 0 fully saturated rings. The topological polar surface area (TPSA) is 72.2 Å². The van der Waals surface area contributed by atoms with E-state index >= 15 is 0 Å². The van der Waals surface area contributed by atoms with E-state index in [1.165, 1.54) is 17.3 Å². The Labute approximate surface area is 198 Å². The first-order chi connectivity index (χ1) is 15.6. The zero-order valence-electron chi connectivity index (χ0n) is 17.3. The van der Waals surface area contributed by atoms with Crippen LogP contribution in [-0.2, 0) is 4.79 Å². The Morgan fingerprint density at radius 1 is 1.03 bits per heavy atom. The van der Waals surface area contributed by atoms with E-state index in [9.17, 15) is 4.79 Å². The normalized spacial score (nSPS) is 11.1. The molecule has 0 saturated carbocycles. The Balaban J connectivity index is 1.51. The summed E-state index contributed by atoms with van der Waals surface area (Å²) in [5.41, 5.74) is 6.51. The summed E-state index contributed by atoms with van der Waals surface area (Å²) in [6, 6.07) is 25.7. The van der Waals surface area contributed by atoms with E-state index in [0.717, 1.165) is 27.1 Å². The molecule has 0 radical (unpaired) electrons. The molecule has 32 heavy (non-hydrogen) atoms. The maximum Gasteiger partial charge on any atom is 0.250 e. The predicted octanol–water partition coefficient (Wildman–Crippen LogP) is 5.25. The highest BCUT2D eigenvalue weighted by molar-refractivity contribution is 9.10. The Bertz CT molecular complexity index is 1240. The number of hydrogen-bond donors (Lipinski definition) is 1. The summed E-state index contributed by atoms with van der Waals surface area (Å²) < 4.78 is 2.88. The number of rotatable bonds is 7. The van der Waals surface area contributed by atoms with Gasteiger partial charge in [0.25, 0.3) is 5.91 Å². The Morgan fingerprint density at radius 3 is 2.50 bits per heavy atom. The molecule has 1 N–H and O–H groups in total. The maximum absolute atomic E-state index is 12.3. The number of aromatic nitrogens is 3. The van der Waals surface area contributed by atoms with Crippen LogP contribution in [0.2, 0.25) is 0 Å². The smallest absolute Gasteiger partial charge is 0.250 e. The number of nitrogens with one attached hydrogen (secondary N) is 1. The fourth-order valence-electron chi connectivity index (χ4n) is 2.98. The van der Waals surface area contributed by atoms with Crippen molar-refractivity contribution in [3.8, 4) is 17.1 Å². The van der Waals surface area contributed by atoms with Gasteiger partial charge in [-0.05, 0) is 25.1 Å². The molecule has 4 aromatic rings. The molecule has 0 saturated heterocycles. The van der Waals surface area contributed by atoms with Crippen LogP contribution >= 0.6 is 27.7 Å². The van der Waals surface area contributed by atoms with E-state index in [1.54, 1.807) is 6.21 Å². The standard InChI is InChI=1S/C24H20BrN5OS/c1-17-11-13-20(14-12-17)30-23(18-7-3-2-4-8-18)28-29-24(30)32-16-22(31)27-26-15-19-9-5-6-10-21(19)25/h2-15H,16H2,1H3,(H,27,31)/b26-15-. The van der Waals surface area contributed by atoms with Crippen LogP contribution in [0.1, 0.15) is 11.1 Å². The lowest BCUT2D eigenvalue weighted by molar-refractivity contribution is -0.118. The number of hydrogen-bond acceptors (Lipinski definition) is 5. The number of amides is 1. The van der Waals surface area contributed by atoms with E-state index < -0.39 is 0 Å². The molecule has 0 aliphatic rings. The zero-order chi connectivity index (χ0) is 22.3. The van der Waals surface area contributed by atoms with Crippen LogP contribution in [0.15, 0.2) is 93.6 Å². The minimum absolute atomic E-state index is 0.159. The summed E-state index contributed by atoms with van der Waals surface area (Å²) in [6.07, 6.45) is 1.61. The van der Waals surface area contributed by atoms with Gasteiger partial charge in [-0.25, -0.2) is 5.43 Å². The molecule has 4 rings (SSSR count). The second-order valence-electron chi connectivity index (χ2n) is 6.95. The van der Waals surface area contributed by atoms with Gasteiger partial charge in [0.05, 0.1) is 12.0 Å². The van der Waals surface area contributed by atoms with Crippen molar-refractivity contribution in [2.24, 2.45) is 5.10 Å². The molecule has 160 valence electrons. The molecule has 8 heteroatoms. The van der Waals surface area contributed by atoms with E-state index in [2.05, 4.69) is 36.7 Å². The number of thioether (sulfide) groups is 1. The number of hydrazone groups is 1. The number of aryl methyl sites for hydroxylation is 1. The summed E-state index contributed by atoms with van der Waals surface area (Å²) in [7, 11) is 0. The lowest BCUT2D eigenvalue weighted by Gasteiger charge is -2.10. The first kappa shape index (κ1) is 22.0. The largest absolute Gasteiger partial charge is 0.272 e. The van der Waals surface area contributed by atoms with Gasteiger partial charge in [-0.15, -0.1) is 10.2 Å². The van der Waals surface area contributed by atoms with Gasteiger partial charge < -0.3 is 0 Å². The lowest BCUT2D eigenvalue weighted by atomic mass is 10.2.